The molecule has 0 saturated carbocycles. The highest BCUT2D eigenvalue weighted by atomic mass is 19.2. The zero-order valence-electron chi connectivity index (χ0n) is 17.2. The first-order chi connectivity index (χ1) is 14.8. The molecule has 0 spiro atoms. The van der Waals surface area contributed by atoms with Crippen LogP contribution in [0.4, 0.5) is 13.2 Å². The van der Waals surface area contributed by atoms with Crippen LogP contribution in [-0.2, 0) is 26.1 Å². The number of benzene rings is 1. The van der Waals surface area contributed by atoms with Crippen molar-refractivity contribution in [3.8, 4) is 0 Å². The molecule has 4 rings (SSSR count). The normalized spacial score (nSPS) is 14.4. The second-order valence-corrected chi connectivity index (χ2v) is 7.54. The minimum atomic E-state index is -1.16. The number of carbonyl (C=O) groups is 1. The Morgan fingerprint density at radius 2 is 1.90 bits per heavy atom. The maximum absolute atomic E-state index is 14.0. The molecular weight excluding hydrogens is 411 g/mol. The van der Waals surface area contributed by atoms with E-state index in [1.165, 1.54) is 0 Å². The number of hydrogen-bond donors (Lipinski definition) is 1. The van der Waals surface area contributed by atoms with Crippen molar-refractivity contribution in [2.24, 2.45) is 0 Å². The Hall–Kier alpha value is -3.14. The summed E-state index contributed by atoms with van der Waals surface area (Å²) in [6, 6.07) is 3.40. The summed E-state index contributed by atoms with van der Waals surface area (Å²) in [5.41, 5.74) is 0.189. The summed E-state index contributed by atoms with van der Waals surface area (Å²) >= 11 is 0. The van der Waals surface area contributed by atoms with Gasteiger partial charge in [0.25, 0.3) is 5.91 Å². The Balaban J connectivity index is 1.41. The van der Waals surface area contributed by atoms with Crippen molar-refractivity contribution >= 4 is 5.91 Å². The Morgan fingerprint density at radius 1 is 1.13 bits per heavy atom. The molecule has 0 unspecified atom stereocenters. The van der Waals surface area contributed by atoms with E-state index in [1.807, 2.05) is 9.47 Å². The SMILES string of the molecule is Cc1cc(C(=O)NCc2nnc3n2CCN(Cc2c(F)ccc(F)c2F)CC3)c(C)o1. The van der Waals surface area contributed by atoms with E-state index < -0.39 is 17.5 Å². The number of fused-ring (bicyclic) bond motifs is 1. The molecule has 3 aromatic rings. The zero-order chi connectivity index (χ0) is 22.1. The second-order valence-electron chi connectivity index (χ2n) is 7.54. The van der Waals surface area contributed by atoms with Crippen LogP contribution in [0.5, 0.6) is 0 Å². The number of rotatable bonds is 5. The number of aryl methyl sites for hydroxylation is 2. The van der Waals surface area contributed by atoms with Crippen LogP contribution in [0, 0.1) is 31.3 Å². The van der Waals surface area contributed by atoms with Gasteiger partial charge in [-0.2, -0.15) is 0 Å². The number of nitrogens with one attached hydrogen (secondary N) is 1. The van der Waals surface area contributed by atoms with E-state index in [0.717, 1.165) is 18.0 Å². The summed E-state index contributed by atoms with van der Waals surface area (Å²) in [4.78, 5) is 14.3. The molecule has 1 N–H and O–H groups in total. The molecule has 0 radical (unpaired) electrons. The number of furan rings is 1. The number of hydrogen-bond acceptors (Lipinski definition) is 5. The van der Waals surface area contributed by atoms with Crippen LogP contribution >= 0.6 is 0 Å². The average Bonchev–Trinajstić information content (AvgIpc) is 3.22. The van der Waals surface area contributed by atoms with E-state index in [9.17, 15) is 18.0 Å². The molecule has 2 aromatic heterocycles. The molecule has 0 fully saturated rings. The smallest absolute Gasteiger partial charge is 0.255 e. The van der Waals surface area contributed by atoms with Crippen molar-refractivity contribution in [3.63, 3.8) is 0 Å². The molecule has 1 aromatic carbocycles. The van der Waals surface area contributed by atoms with Gasteiger partial charge in [-0.1, -0.05) is 0 Å². The summed E-state index contributed by atoms with van der Waals surface area (Å²) in [6.07, 6.45) is 0.513. The van der Waals surface area contributed by atoms with Gasteiger partial charge in [-0.15, -0.1) is 10.2 Å². The molecule has 164 valence electrons. The third-order valence-electron chi connectivity index (χ3n) is 5.41. The maximum atomic E-state index is 14.0. The lowest BCUT2D eigenvalue weighted by Gasteiger charge is -2.20. The predicted molar refractivity (Wildman–Crippen MR) is 105 cm³/mol. The third kappa shape index (κ3) is 4.34. The van der Waals surface area contributed by atoms with Gasteiger partial charge in [0.2, 0.25) is 0 Å². The molecule has 0 atom stereocenters. The molecule has 0 aliphatic carbocycles. The van der Waals surface area contributed by atoms with Crippen LogP contribution < -0.4 is 5.32 Å². The minimum Gasteiger partial charge on any atom is -0.466 e. The quantitative estimate of drug-likeness (QED) is 0.627. The van der Waals surface area contributed by atoms with Crippen molar-refractivity contribution in [1.29, 1.82) is 0 Å². The first-order valence-electron chi connectivity index (χ1n) is 9.94. The molecule has 1 aliphatic heterocycles. The monoisotopic (exact) mass is 433 g/mol. The lowest BCUT2D eigenvalue weighted by atomic mass is 10.1. The van der Waals surface area contributed by atoms with Crippen LogP contribution in [0.3, 0.4) is 0 Å². The van der Waals surface area contributed by atoms with Gasteiger partial charge in [0.15, 0.2) is 17.5 Å². The van der Waals surface area contributed by atoms with E-state index in [1.54, 1.807) is 19.9 Å². The second kappa shape index (κ2) is 8.54. The van der Waals surface area contributed by atoms with E-state index in [-0.39, 0.29) is 24.6 Å². The van der Waals surface area contributed by atoms with Crippen LogP contribution in [0.15, 0.2) is 22.6 Å². The van der Waals surface area contributed by atoms with E-state index in [4.69, 9.17) is 4.42 Å². The Kier molecular flexibility index (Phi) is 5.81. The van der Waals surface area contributed by atoms with Gasteiger partial charge in [0.1, 0.15) is 23.2 Å². The summed E-state index contributed by atoms with van der Waals surface area (Å²) in [6.45, 7) is 5.09. The van der Waals surface area contributed by atoms with Gasteiger partial charge in [0, 0.05) is 38.2 Å². The van der Waals surface area contributed by atoms with Gasteiger partial charge in [0.05, 0.1) is 12.1 Å². The minimum absolute atomic E-state index is 0.0428. The molecule has 0 saturated heterocycles. The van der Waals surface area contributed by atoms with Gasteiger partial charge in [-0.05, 0) is 32.0 Å². The average molecular weight is 433 g/mol. The fourth-order valence-electron chi connectivity index (χ4n) is 3.76. The van der Waals surface area contributed by atoms with Crippen LogP contribution in [0.1, 0.15) is 39.1 Å². The highest BCUT2D eigenvalue weighted by Gasteiger charge is 2.22. The van der Waals surface area contributed by atoms with Gasteiger partial charge in [-0.25, -0.2) is 13.2 Å². The standard InChI is InChI=1S/C21H22F3N5O2/c1-12-9-14(13(2)31-12)21(30)25-10-19-27-26-18-5-6-28(7-8-29(18)19)11-15-16(22)3-4-17(23)20(15)24/h3-4,9H,5-8,10-11H2,1-2H3,(H,25,30). The van der Waals surface area contributed by atoms with E-state index in [0.29, 0.717) is 49.0 Å². The molecule has 1 aliphatic rings. The zero-order valence-corrected chi connectivity index (χ0v) is 17.2. The molecular formula is C21H22F3N5O2. The molecule has 0 bridgehead atoms. The van der Waals surface area contributed by atoms with Gasteiger partial charge < -0.3 is 14.3 Å². The Bertz CT molecular complexity index is 1120. The number of aromatic nitrogens is 3. The Morgan fingerprint density at radius 3 is 2.65 bits per heavy atom. The molecule has 7 nitrogen and oxygen atoms in total. The summed E-state index contributed by atoms with van der Waals surface area (Å²) in [5, 5.41) is 11.2. The number of carbonyl (C=O) groups excluding carboxylic acids is 1. The van der Waals surface area contributed by atoms with Crippen LogP contribution in [-0.4, -0.2) is 38.7 Å². The largest absolute Gasteiger partial charge is 0.466 e. The Labute approximate surface area is 176 Å². The van der Waals surface area contributed by atoms with Gasteiger partial charge in [-0.3, -0.25) is 9.69 Å². The van der Waals surface area contributed by atoms with Crippen LogP contribution in [0.25, 0.3) is 0 Å². The topological polar surface area (TPSA) is 76.2 Å². The van der Waals surface area contributed by atoms with Crippen LogP contribution in [0.2, 0.25) is 0 Å². The lowest BCUT2D eigenvalue weighted by Crippen LogP contribution is -2.28. The summed E-state index contributed by atoms with van der Waals surface area (Å²) in [5.74, 6) is -0.739. The van der Waals surface area contributed by atoms with E-state index >= 15 is 0 Å². The lowest BCUT2D eigenvalue weighted by molar-refractivity contribution is 0.0948. The predicted octanol–water partition coefficient (Wildman–Crippen LogP) is 2.89. The number of halogens is 3. The van der Waals surface area contributed by atoms with Crippen molar-refractivity contribution in [3.05, 3.63) is 69.9 Å². The van der Waals surface area contributed by atoms with Crippen molar-refractivity contribution < 1.29 is 22.4 Å². The van der Waals surface area contributed by atoms with Crippen molar-refractivity contribution in [2.45, 2.75) is 39.9 Å². The molecule has 3 heterocycles. The fourth-order valence-corrected chi connectivity index (χ4v) is 3.76. The fraction of sp³-hybridized carbons (Fsp3) is 0.381. The first kappa shape index (κ1) is 21.1. The highest BCUT2D eigenvalue weighted by molar-refractivity contribution is 5.95. The van der Waals surface area contributed by atoms with Gasteiger partial charge >= 0.3 is 0 Å². The summed E-state index contributed by atoms with van der Waals surface area (Å²) < 4.78 is 48.8. The van der Waals surface area contributed by atoms with Crippen molar-refractivity contribution in [1.82, 2.24) is 25.0 Å². The molecule has 10 heteroatoms. The van der Waals surface area contributed by atoms with Crippen molar-refractivity contribution in [2.75, 3.05) is 13.1 Å². The number of amides is 1. The number of nitrogens with zero attached hydrogens (tertiary/aromatic N) is 4. The third-order valence-corrected chi connectivity index (χ3v) is 5.41. The van der Waals surface area contributed by atoms with E-state index in [2.05, 4.69) is 15.5 Å². The molecule has 31 heavy (non-hydrogen) atoms. The molecule has 1 amide bonds. The summed E-state index contributed by atoms with van der Waals surface area (Å²) in [7, 11) is 0. The highest BCUT2D eigenvalue weighted by Crippen LogP contribution is 2.20. The first-order valence-corrected chi connectivity index (χ1v) is 9.94. The maximum Gasteiger partial charge on any atom is 0.255 e.